The van der Waals surface area contributed by atoms with Gasteiger partial charge in [0.25, 0.3) is 0 Å². The first-order valence-corrected chi connectivity index (χ1v) is 26.3. The Bertz CT molecular complexity index is 2890. The van der Waals surface area contributed by atoms with E-state index < -0.39 is 68.0 Å². The molecule has 0 atom stereocenters. The van der Waals surface area contributed by atoms with Crippen molar-refractivity contribution in [3.8, 4) is 34.5 Å². The number of unbranched alkanes of at least 4 members (excludes halogenated alkanes) is 1. The predicted octanol–water partition coefficient (Wildman–Crippen LogP) is 12.9. The normalized spacial score (nSPS) is 15.6. The van der Waals surface area contributed by atoms with Crippen molar-refractivity contribution in [3.05, 3.63) is 174 Å². The summed E-state index contributed by atoms with van der Waals surface area (Å²) in [4.78, 5) is 0. The van der Waals surface area contributed by atoms with Gasteiger partial charge in [0.15, 0.2) is 0 Å². The van der Waals surface area contributed by atoms with Crippen LogP contribution < -0.4 is 44.0 Å². The zero-order chi connectivity index (χ0) is 60.8. The van der Waals surface area contributed by atoms with Gasteiger partial charge in [-0.05, 0) is 177 Å². The number of ether oxygens (including phenoxy) is 3. The number of benzene rings is 6. The zero-order valence-corrected chi connectivity index (χ0v) is 49.3. The van der Waals surface area contributed by atoms with Gasteiger partial charge in [0.1, 0.15) is 34.5 Å². The summed E-state index contributed by atoms with van der Waals surface area (Å²) in [5.41, 5.74) is -2.91. The molecule has 2 fully saturated rings. The second-order valence-corrected chi connectivity index (χ2v) is 21.4. The van der Waals surface area contributed by atoms with Gasteiger partial charge >= 0.3 is 58.9 Å². The smallest absolute Gasteiger partial charge is 0.457 e. The predicted molar refractivity (Wildman–Crippen MR) is 300 cm³/mol. The molecule has 0 aromatic heterocycles. The topological polar surface area (TPSA) is 114 Å². The second kappa shape index (κ2) is 30.2. The molecule has 10 nitrogen and oxygen atoms in total. The largest absolute Gasteiger partial charge is 1.00 e. The van der Waals surface area contributed by atoms with E-state index in [0.717, 1.165) is 52.8 Å². The summed E-state index contributed by atoms with van der Waals surface area (Å²) < 4.78 is 159. The van der Waals surface area contributed by atoms with Crippen LogP contribution in [0.3, 0.4) is 0 Å². The van der Waals surface area contributed by atoms with Gasteiger partial charge in [-0.1, -0.05) is 77.8 Å². The molecule has 0 amide bonds. The fourth-order valence-corrected chi connectivity index (χ4v) is 7.03. The van der Waals surface area contributed by atoms with Crippen LogP contribution in [0, 0.1) is 6.92 Å². The molecule has 6 aromatic carbocycles. The number of halogens is 10. The summed E-state index contributed by atoms with van der Waals surface area (Å²) in [7, 11) is -2.75. The number of alkyl halides is 9. The van der Waals surface area contributed by atoms with E-state index in [1.165, 1.54) is 67.1 Å². The molecule has 0 saturated carbocycles. The quantitative estimate of drug-likeness (QED) is 0.0738. The van der Waals surface area contributed by atoms with Crippen molar-refractivity contribution in [2.24, 2.45) is 0 Å². The van der Waals surface area contributed by atoms with Crippen LogP contribution in [-0.2, 0) is 41.8 Å². The van der Waals surface area contributed by atoms with Gasteiger partial charge < -0.3 is 54.5 Å². The first-order chi connectivity index (χ1) is 37.4. The summed E-state index contributed by atoms with van der Waals surface area (Å²) in [6.45, 7) is 25.5. The molecule has 0 spiro atoms. The minimum absolute atomic E-state index is 0. The van der Waals surface area contributed by atoms with Crippen LogP contribution in [0.1, 0.15) is 106 Å². The molecule has 2 N–H and O–H groups in total. The van der Waals surface area contributed by atoms with Gasteiger partial charge in [0.2, 0.25) is 0 Å². The van der Waals surface area contributed by atoms with Crippen molar-refractivity contribution in [3.63, 3.8) is 0 Å². The van der Waals surface area contributed by atoms with Crippen LogP contribution >= 0.6 is 15.9 Å². The molecule has 8 rings (SSSR count). The van der Waals surface area contributed by atoms with E-state index in [0.29, 0.717) is 11.5 Å². The molecule has 2 heterocycles. The summed E-state index contributed by atoms with van der Waals surface area (Å²) in [5.74, 6) is 1.40. The Morgan fingerprint density at radius 2 is 0.829 bits per heavy atom. The van der Waals surface area contributed by atoms with Crippen molar-refractivity contribution < 1.29 is 106 Å². The van der Waals surface area contributed by atoms with Gasteiger partial charge in [0, 0.05) is 10.6 Å². The third-order valence-corrected chi connectivity index (χ3v) is 13.0. The van der Waals surface area contributed by atoms with Crippen LogP contribution in [0.2, 0.25) is 0 Å². The van der Waals surface area contributed by atoms with Crippen LogP contribution in [0.5, 0.6) is 34.5 Å². The van der Waals surface area contributed by atoms with E-state index in [1.807, 2.05) is 75.3 Å². The van der Waals surface area contributed by atoms with Crippen LogP contribution in [0.4, 0.5) is 39.5 Å². The Labute approximate surface area is 496 Å². The average Bonchev–Trinajstić information content (AvgIpc) is 3.73. The number of hydrogen-bond donors (Lipinski definition) is 2. The first kappa shape index (κ1) is 71.3. The van der Waals surface area contributed by atoms with Crippen molar-refractivity contribution >= 4 is 48.4 Å². The number of rotatable bonds is 11. The second-order valence-electron chi connectivity index (χ2n) is 20.5. The van der Waals surface area contributed by atoms with Gasteiger partial charge in [-0.15, -0.1) is 0 Å². The number of hydrogen-bond acceptors (Lipinski definition) is 10. The Hall–Kier alpha value is -4.92. The maximum atomic E-state index is 12.8. The maximum absolute atomic E-state index is 12.8. The minimum Gasteiger partial charge on any atom is -0.457 e. The van der Waals surface area contributed by atoms with E-state index >= 15 is 0 Å². The Morgan fingerprint density at radius 1 is 0.512 bits per heavy atom. The minimum atomic E-state index is -4.44. The van der Waals surface area contributed by atoms with Crippen molar-refractivity contribution in [2.45, 2.75) is 136 Å². The first-order valence-electron chi connectivity index (χ1n) is 25.5. The molecule has 438 valence electrons. The van der Waals surface area contributed by atoms with E-state index in [4.69, 9.17) is 47.5 Å². The van der Waals surface area contributed by atoms with Gasteiger partial charge in [-0.3, -0.25) is 0 Å². The Morgan fingerprint density at radius 3 is 1.17 bits per heavy atom. The molecule has 2 aliphatic rings. The van der Waals surface area contributed by atoms with E-state index in [9.17, 15) is 39.5 Å². The van der Waals surface area contributed by atoms with E-state index in [1.54, 1.807) is 42.5 Å². The Kier molecular flexibility index (Phi) is 26.3. The Balaban J connectivity index is 0.000000286. The molecule has 0 bridgehead atoms. The molecule has 0 unspecified atom stereocenters. The summed E-state index contributed by atoms with van der Waals surface area (Å²) in [6, 6.07) is 33.7. The molecule has 82 heavy (non-hydrogen) atoms. The third kappa shape index (κ3) is 22.3. The van der Waals surface area contributed by atoms with Crippen LogP contribution in [0.15, 0.2) is 150 Å². The van der Waals surface area contributed by atoms with Crippen molar-refractivity contribution in [2.75, 3.05) is 0 Å². The zero-order valence-electron chi connectivity index (χ0n) is 47.7. The summed E-state index contributed by atoms with van der Waals surface area (Å²) in [5, 5.41) is 18.0. The summed E-state index contributed by atoms with van der Waals surface area (Å²) in [6.07, 6.45) is -10.8. The van der Waals surface area contributed by atoms with Gasteiger partial charge in [-0.2, -0.15) is 45.9 Å². The molecule has 0 aliphatic carbocycles. The standard InChI is InChI=1S/C19H20BF3O3.C13H10BF3O3.C13H8BrF3O.C9H19BO3.C4H9.Li/c1-17(2)18(3,4)26-20(25-17)14-8-6-10-16(12-14)24-15-9-5-7-13(11-15)19(21,22)23;15-13(16,17)9-3-1-5-11(7-9)20-12-6-2-4-10(8-12)14(18)19;14-10-4-2-6-12(8-10)18-11-5-1-3-9(7-11)13(15,16)17;1-7(2)11-10-12-8(3,4)9(5,6)13-10;1-3-4-2;/h5-12H,1-4H3;1-8,18-19H;1-8H;7H,1-6H3;1,3-4H2,2H3;/q;;;;-1;+1. The van der Waals surface area contributed by atoms with Crippen LogP contribution in [-0.4, -0.2) is 60.1 Å². The average molecular weight is 1210 g/mol. The molecular weight excluding hydrogens is 1150 g/mol. The van der Waals surface area contributed by atoms with Crippen LogP contribution in [0.25, 0.3) is 0 Å². The van der Waals surface area contributed by atoms with E-state index in [2.05, 4.69) is 29.8 Å². The van der Waals surface area contributed by atoms with Gasteiger partial charge in [0.05, 0.1) is 39.1 Å². The fraction of sp³-hybridized carbons (Fsp3) is 0.362. The van der Waals surface area contributed by atoms with Crippen molar-refractivity contribution in [1.82, 2.24) is 0 Å². The SMILES string of the molecule is CC(C)OB1OC(C)(C)C(C)(C)O1.CC1(C)OB(c2cccc(Oc3cccc(C(F)(F)F)c3)c2)OC1(C)C.FC(F)(F)c1cccc(Oc2cccc(Br)c2)c1.OB(O)c1cccc(Oc2cccc(C(F)(F)F)c2)c1.[CH2-]CCC.[Li+]. The molecule has 2 aliphatic heterocycles. The van der Waals surface area contributed by atoms with Gasteiger partial charge in [-0.25, -0.2) is 0 Å². The van der Waals surface area contributed by atoms with E-state index in [-0.39, 0.29) is 64.6 Å². The molecular formula is C58H66B3BrF9LiO10. The molecule has 2 saturated heterocycles. The molecule has 24 heteroatoms. The third-order valence-electron chi connectivity index (χ3n) is 12.5. The monoisotopic (exact) mass is 1210 g/mol. The summed E-state index contributed by atoms with van der Waals surface area (Å²) >= 11 is 3.26. The molecule has 6 aromatic rings. The molecule has 0 radical (unpaired) electrons. The fourth-order valence-electron chi connectivity index (χ4n) is 6.66. The maximum Gasteiger partial charge on any atom is 1.00 e. The van der Waals surface area contributed by atoms with Crippen molar-refractivity contribution in [1.29, 1.82) is 0 Å².